The molecule has 1 amide bonds. The Morgan fingerprint density at radius 3 is 2.62 bits per heavy atom. The van der Waals surface area contributed by atoms with Crippen molar-refractivity contribution in [3.05, 3.63) is 15.6 Å². The molecule has 1 N–H and O–H groups in total. The van der Waals surface area contributed by atoms with Gasteiger partial charge in [-0.15, -0.1) is 11.3 Å². The highest BCUT2D eigenvalue weighted by Gasteiger charge is 2.54. The number of carbonyl (C=O) groups is 2. The van der Waals surface area contributed by atoms with Gasteiger partial charge < -0.3 is 14.7 Å². The third-order valence-electron chi connectivity index (χ3n) is 8.26. The zero-order chi connectivity index (χ0) is 24.8. The fraction of sp³-hybridized carbons (Fsp3) is 0.808. The molecule has 3 aliphatic rings. The molecule has 0 aromatic carbocycles. The van der Waals surface area contributed by atoms with E-state index in [1.54, 1.807) is 11.3 Å². The van der Waals surface area contributed by atoms with E-state index in [-0.39, 0.29) is 47.6 Å². The summed E-state index contributed by atoms with van der Waals surface area (Å²) in [6.07, 6.45) is 2.24. The van der Waals surface area contributed by atoms with E-state index in [2.05, 4.69) is 13.8 Å². The molecular weight excluding hydrogens is 468 g/mol. The maximum Gasteiger partial charge on any atom is 0.311 e. The number of carbonyl (C=O) groups excluding carboxylic acids is 2. The van der Waals surface area contributed by atoms with Gasteiger partial charge in [-0.25, -0.2) is 4.98 Å². The molecule has 0 radical (unpaired) electrons. The number of aliphatic hydroxyl groups excluding tert-OH is 1. The summed E-state index contributed by atoms with van der Waals surface area (Å²) in [5, 5.41) is 12.5. The second-order valence-corrected chi connectivity index (χ2v) is 14.2. The summed E-state index contributed by atoms with van der Waals surface area (Å²) in [4.78, 5) is 33.5. The van der Waals surface area contributed by atoms with Crippen molar-refractivity contribution >= 4 is 35.0 Å². The molecule has 1 aromatic rings. The monoisotopic (exact) mass is 508 g/mol. The zero-order valence-corrected chi connectivity index (χ0v) is 23.1. The number of rotatable bonds is 4. The van der Waals surface area contributed by atoms with Crippen LogP contribution < -0.4 is 0 Å². The van der Waals surface area contributed by atoms with Crippen molar-refractivity contribution in [3.8, 4) is 0 Å². The summed E-state index contributed by atoms with van der Waals surface area (Å²) in [6.45, 7) is 13.9. The molecule has 1 aliphatic heterocycles. The topological polar surface area (TPSA) is 79.7 Å². The molecule has 0 spiro atoms. The van der Waals surface area contributed by atoms with E-state index < -0.39 is 11.5 Å². The average molecular weight is 509 g/mol. The SMILES string of the molecule is C[C@H](C(=O)N1CCSCC1)[C@H]1CC[C@@]2(C)Cc3sc(COC(=O)C(C)(C)C)nc3[C@@H](C)[C@@H]2[C@H]1O. The smallest absolute Gasteiger partial charge is 0.311 e. The third-order valence-corrected chi connectivity index (χ3v) is 10.2. The minimum atomic E-state index is -0.535. The standard InChI is InChI=1S/C26H40N2O4S2/c1-15(23(30)28-9-11-33-12-10-28)17-7-8-26(6)13-18-21(16(2)20(26)22(17)29)27-19(34-18)14-32-24(31)25(3,4)5/h15-17,20,22,29H,7-14H2,1-6H3/t15-,16-,17+,20+,22-,26-/m0/s1. The first kappa shape index (κ1) is 26.0. The first-order valence-corrected chi connectivity index (χ1v) is 14.6. The van der Waals surface area contributed by atoms with Crippen LogP contribution in [0.5, 0.6) is 0 Å². The maximum absolute atomic E-state index is 13.2. The van der Waals surface area contributed by atoms with Gasteiger partial charge in [0.2, 0.25) is 5.91 Å². The summed E-state index contributed by atoms with van der Waals surface area (Å²) in [5.74, 6) is 1.97. The molecule has 34 heavy (non-hydrogen) atoms. The van der Waals surface area contributed by atoms with Crippen molar-refractivity contribution in [2.45, 2.75) is 79.4 Å². The Morgan fingerprint density at radius 2 is 1.97 bits per heavy atom. The lowest BCUT2D eigenvalue weighted by molar-refractivity contribution is -0.154. The summed E-state index contributed by atoms with van der Waals surface area (Å²) in [5.41, 5.74) is 0.493. The number of thiazole rings is 1. The molecule has 1 saturated heterocycles. The average Bonchev–Trinajstić information content (AvgIpc) is 3.19. The van der Waals surface area contributed by atoms with Crippen LogP contribution in [0.2, 0.25) is 0 Å². The number of fused-ring (bicyclic) bond motifs is 2. The van der Waals surface area contributed by atoms with Gasteiger partial charge in [-0.2, -0.15) is 11.8 Å². The van der Waals surface area contributed by atoms with E-state index in [1.165, 1.54) is 4.88 Å². The molecule has 4 rings (SSSR count). The van der Waals surface area contributed by atoms with Crippen LogP contribution in [0, 0.1) is 28.6 Å². The maximum atomic E-state index is 13.2. The molecule has 1 saturated carbocycles. The number of hydrogen-bond acceptors (Lipinski definition) is 7. The van der Waals surface area contributed by atoms with Gasteiger partial charge in [0.05, 0.1) is 17.2 Å². The zero-order valence-electron chi connectivity index (χ0n) is 21.4. The minimum absolute atomic E-state index is 0.0151. The van der Waals surface area contributed by atoms with Gasteiger partial charge in [-0.05, 0) is 57.3 Å². The molecule has 2 heterocycles. The van der Waals surface area contributed by atoms with Crippen molar-refractivity contribution in [2.24, 2.45) is 28.6 Å². The van der Waals surface area contributed by atoms with Crippen molar-refractivity contribution < 1.29 is 19.4 Å². The highest BCUT2D eigenvalue weighted by Crippen LogP contribution is 2.57. The molecule has 2 fully saturated rings. The van der Waals surface area contributed by atoms with Gasteiger partial charge >= 0.3 is 5.97 Å². The summed E-state index contributed by atoms with van der Waals surface area (Å²) < 4.78 is 5.52. The molecule has 2 aliphatic carbocycles. The van der Waals surface area contributed by atoms with E-state index in [1.807, 2.05) is 44.4 Å². The fourth-order valence-electron chi connectivity index (χ4n) is 6.26. The highest BCUT2D eigenvalue weighted by atomic mass is 32.2. The third kappa shape index (κ3) is 4.92. The van der Waals surface area contributed by atoms with Crippen molar-refractivity contribution in [1.29, 1.82) is 0 Å². The summed E-state index contributed by atoms with van der Waals surface area (Å²) in [6, 6.07) is 0. The predicted octanol–water partition coefficient (Wildman–Crippen LogP) is 4.50. The Hall–Kier alpha value is -1.12. The number of esters is 1. The van der Waals surface area contributed by atoms with E-state index in [0.29, 0.717) is 0 Å². The lowest BCUT2D eigenvalue weighted by Gasteiger charge is -2.53. The van der Waals surface area contributed by atoms with Crippen molar-refractivity contribution in [1.82, 2.24) is 9.88 Å². The quantitative estimate of drug-likeness (QED) is 0.604. The van der Waals surface area contributed by atoms with Crippen LogP contribution in [0.15, 0.2) is 0 Å². The Morgan fingerprint density at radius 1 is 1.29 bits per heavy atom. The van der Waals surface area contributed by atoms with E-state index in [9.17, 15) is 14.7 Å². The van der Waals surface area contributed by atoms with Crippen LogP contribution >= 0.6 is 23.1 Å². The van der Waals surface area contributed by atoms with Gasteiger partial charge in [0.15, 0.2) is 0 Å². The van der Waals surface area contributed by atoms with E-state index in [0.717, 1.165) is 54.6 Å². The number of hydrogen-bond donors (Lipinski definition) is 1. The Labute approximate surface area is 212 Å². The van der Waals surface area contributed by atoms with E-state index in [4.69, 9.17) is 9.72 Å². The largest absolute Gasteiger partial charge is 0.458 e. The van der Waals surface area contributed by atoms with Crippen LogP contribution in [0.4, 0.5) is 0 Å². The number of thioether (sulfide) groups is 1. The first-order chi connectivity index (χ1) is 15.9. The highest BCUT2D eigenvalue weighted by molar-refractivity contribution is 7.99. The van der Waals surface area contributed by atoms with Crippen molar-refractivity contribution in [2.75, 3.05) is 24.6 Å². The normalized spacial score (nSPS) is 32.5. The number of nitrogens with zero attached hydrogens (tertiary/aromatic N) is 2. The van der Waals surface area contributed by atoms with E-state index >= 15 is 0 Å². The van der Waals surface area contributed by atoms with Crippen LogP contribution in [0.25, 0.3) is 0 Å². The van der Waals surface area contributed by atoms with Gasteiger partial charge in [-0.1, -0.05) is 20.8 Å². The van der Waals surface area contributed by atoms with Gasteiger partial charge in [0, 0.05) is 41.3 Å². The number of aliphatic hydroxyl groups is 1. The Balaban J connectivity index is 1.50. The summed E-state index contributed by atoms with van der Waals surface area (Å²) in [7, 11) is 0. The van der Waals surface area contributed by atoms with Crippen LogP contribution in [0.3, 0.4) is 0 Å². The van der Waals surface area contributed by atoms with Crippen LogP contribution in [-0.4, -0.2) is 57.6 Å². The van der Waals surface area contributed by atoms with Crippen LogP contribution in [-0.2, 0) is 27.4 Å². The molecule has 190 valence electrons. The molecule has 6 atom stereocenters. The molecule has 0 bridgehead atoms. The number of amides is 1. The lowest BCUT2D eigenvalue weighted by Crippen LogP contribution is -2.54. The molecule has 6 nitrogen and oxygen atoms in total. The summed E-state index contributed by atoms with van der Waals surface area (Å²) >= 11 is 3.55. The first-order valence-electron chi connectivity index (χ1n) is 12.6. The molecule has 0 unspecified atom stereocenters. The van der Waals surface area contributed by atoms with Gasteiger partial charge in [-0.3, -0.25) is 9.59 Å². The molecule has 1 aromatic heterocycles. The van der Waals surface area contributed by atoms with Gasteiger partial charge in [0.25, 0.3) is 0 Å². The Bertz CT molecular complexity index is 920. The predicted molar refractivity (Wildman–Crippen MR) is 137 cm³/mol. The number of ether oxygens (including phenoxy) is 1. The fourth-order valence-corrected chi connectivity index (χ4v) is 8.44. The Kier molecular flexibility index (Phi) is 7.43. The molecule has 8 heteroatoms. The molecular formula is C26H40N2O4S2. The van der Waals surface area contributed by atoms with Crippen molar-refractivity contribution in [3.63, 3.8) is 0 Å². The second-order valence-electron chi connectivity index (χ2n) is 11.8. The number of aromatic nitrogens is 1. The lowest BCUT2D eigenvalue weighted by atomic mass is 9.53. The van der Waals surface area contributed by atoms with Crippen LogP contribution in [0.1, 0.15) is 75.9 Å². The second kappa shape index (κ2) is 9.74. The van der Waals surface area contributed by atoms with Gasteiger partial charge in [0.1, 0.15) is 11.6 Å². The minimum Gasteiger partial charge on any atom is -0.458 e.